The Morgan fingerprint density at radius 3 is 2.09 bits per heavy atom. The van der Waals surface area contributed by atoms with Gasteiger partial charge in [0.2, 0.25) is 0 Å². The number of hydrogen-bond acceptors (Lipinski definition) is 4. The molecule has 0 bridgehead atoms. The highest BCUT2D eigenvalue weighted by Crippen LogP contribution is 2.36. The van der Waals surface area contributed by atoms with Gasteiger partial charge in [-0.1, -0.05) is 60.2 Å². The topological polar surface area (TPSA) is 49.9 Å². The van der Waals surface area contributed by atoms with E-state index >= 15 is 0 Å². The fourth-order valence-electron chi connectivity index (χ4n) is 4.04. The number of aryl methyl sites for hydroxylation is 1. The molecule has 0 fully saturated rings. The van der Waals surface area contributed by atoms with Crippen molar-refractivity contribution in [3.05, 3.63) is 101 Å². The van der Waals surface area contributed by atoms with Crippen molar-refractivity contribution in [2.75, 3.05) is 18.1 Å². The van der Waals surface area contributed by atoms with Crippen molar-refractivity contribution >= 4 is 23.1 Å². The van der Waals surface area contributed by atoms with Gasteiger partial charge >= 0.3 is 0 Å². The Bertz CT molecular complexity index is 1170. The molecule has 3 aromatic carbocycles. The number of ether oxygens (including phenoxy) is 1. The Hall–Kier alpha value is -3.86. The number of nitrogens with zero attached hydrogens (tertiary/aromatic N) is 2. The SMILES string of the molecule is CCOc1ccc(C2=C(N(CC)Cc3ccccc3)C(=O)N(c3ccc(C)cc3)C2=O)cc1. The lowest BCUT2D eigenvalue weighted by Gasteiger charge is -2.25. The van der Waals surface area contributed by atoms with Crippen LogP contribution in [-0.2, 0) is 16.1 Å². The Labute approximate surface area is 194 Å². The summed E-state index contributed by atoms with van der Waals surface area (Å²) in [6, 6.07) is 24.8. The zero-order valence-corrected chi connectivity index (χ0v) is 19.2. The van der Waals surface area contributed by atoms with Crippen molar-refractivity contribution in [3.63, 3.8) is 0 Å². The maximum absolute atomic E-state index is 13.7. The van der Waals surface area contributed by atoms with Gasteiger partial charge in [0.15, 0.2) is 0 Å². The molecule has 0 N–H and O–H groups in total. The van der Waals surface area contributed by atoms with E-state index in [2.05, 4.69) is 0 Å². The molecule has 0 radical (unpaired) electrons. The summed E-state index contributed by atoms with van der Waals surface area (Å²) in [6.45, 7) is 7.59. The molecule has 0 aromatic heterocycles. The van der Waals surface area contributed by atoms with Gasteiger partial charge in [-0.3, -0.25) is 9.59 Å². The lowest BCUT2D eigenvalue weighted by molar-refractivity contribution is -0.120. The molecule has 1 aliphatic heterocycles. The second kappa shape index (κ2) is 9.74. The number of anilines is 1. The lowest BCUT2D eigenvalue weighted by Crippen LogP contribution is -2.35. The van der Waals surface area contributed by atoms with E-state index in [4.69, 9.17) is 4.74 Å². The van der Waals surface area contributed by atoms with Gasteiger partial charge in [0.1, 0.15) is 11.4 Å². The zero-order chi connectivity index (χ0) is 23.4. The molecule has 0 saturated carbocycles. The predicted octanol–water partition coefficient (Wildman–Crippen LogP) is 5.20. The first-order chi connectivity index (χ1) is 16.0. The molecule has 168 valence electrons. The first kappa shape index (κ1) is 22.3. The average molecular weight is 441 g/mol. The lowest BCUT2D eigenvalue weighted by atomic mass is 10.0. The van der Waals surface area contributed by atoms with Gasteiger partial charge in [-0.15, -0.1) is 0 Å². The minimum atomic E-state index is -0.311. The number of carbonyl (C=O) groups excluding carboxylic acids is 2. The maximum atomic E-state index is 13.7. The molecule has 0 unspecified atom stereocenters. The summed E-state index contributed by atoms with van der Waals surface area (Å²) in [5.74, 6) is 0.118. The highest BCUT2D eigenvalue weighted by Gasteiger charge is 2.42. The van der Waals surface area contributed by atoms with Crippen LogP contribution in [0.3, 0.4) is 0 Å². The van der Waals surface area contributed by atoms with E-state index in [0.717, 1.165) is 16.9 Å². The van der Waals surface area contributed by atoms with E-state index in [1.165, 1.54) is 4.90 Å². The first-order valence-electron chi connectivity index (χ1n) is 11.2. The monoisotopic (exact) mass is 440 g/mol. The third-order valence-electron chi connectivity index (χ3n) is 5.72. The largest absolute Gasteiger partial charge is 0.494 e. The summed E-state index contributed by atoms with van der Waals surface area (Å²) in [6.07, 6.45) is 0. The summed E-state index contributed by atoms with van der Waals surface area (Å²) in [5.41, 5.74) is 4.26. The predicted molar refractivity (Wildman–Crippen MR) is 131 cm³/mol. The Morgan fingerprint density at radius 2 is 1.48 bits per heavy atom. The van der Waals surface area contributed by atoms with E-state index in [0.29, 0.717) is 42.2 Å². The van der Waals surface area contributed by atoms with Gasteiger partial charge in [0, 0.05) is 13.1 Å². The standard InChI is InChI=1S/C28H28N2O3/c1-4-29(19-21-9-7-6-8-10-21)26-25(22-13-17-24(18-14-22)33-5-2)27(31)30(28(26)32)23-15-11-20(3)12-16-23/h6-18H,4-5,19H2,1-3H3. The number of imide groups is 1. The molecule has 5 nitrogen and oxygen atoms in total. The van der Waals surface area contributed by atoms with Gasteiger partial charge in [0.05, 0.1) is 17.9 Å². The van der Waals surface area contributed by atoms with Crippen LogP contribution in [-0.4, -0.2) is 29.9 Å². The summed E-state index contributed by atoms with van der Waals surface area (Å²) in [4.78, 5) is 30.7. The molecule has 0 saturated heterocycles. The molecule has 1 heterocycles. The third kappa shape index (κ3) is 4.53. The molecule has 5 heteroatoms. The molecular formula is C28H28N2O3. The maximum Gasteiger partial charge on any atom is 0.282 e. The molecule has 4 rings (SSSR count). The van der Waals surface area contributed by atoms with Gasteiger partial charge < -0.3 is 9.64 Å². The van der Waals surface area contributed by atoms with Crippen LogP contribution in [0, 0.1) is 6.92 Å². The van der Waals surface area contributed by atoms with Crippen molar-refractivity contribution in [1.82, 2.24) is 4.90 Å². The molecule has 2 amide bonds. The van der Waals surface area contributed by atoms with Crippen molar-refractivity contribution in [2.45, 2.75) is 27.3 Å². The minimum Gasteiger partial charge on any atom is -0.494 e. The second-order valence-corrected chi connectivity index (χ2v) is 7.96. The van der Waals surface area contributed by atoms with Crippen molar-refractivity contribution in [2.24, 2.45) is 0 Å². The fourth-order valence-corrected chi connectivity index (χ4v) is 4.04. The smallest absolute Gasteiger partial charge is 0.282 e. The number of carbonyl (C=O) groups is 2. The molecule has 33 heavy (non-hydrogen) atoms. The zero-order valence-electron chi connectivity index (χ0n) is 19.2. The number of hydrogen-bond donors (Lipinski definition) is 0. The Kier molecular flexibility index (Phi) is 6.59. The number of rotatable bonds is 8. The van der Waals surface area contributed by atoms with Gasteiger partial charge in [-0.05, 0) is 56.2 Å². The van der Waals surface area contributed by atoms with Gasteiger partial charge in [0.25, 0.3) is 11.8 Å². The van der Waals surface area contributed by atoms with Gasteiger partial charge in [-0.2, -0.15) is 0 Å². The quantitative estimate of drug-likeness (QED) is 0.452. The van der Waals surface area contributed by atoms with E-state index in [9.17, 15) is 9.59 Å². The van der Waals surface area contributed by atoms with E-state index in [1.807, 2.05) is 105 Å². The molecular weight excluding hydrogens is 412 g/mol. The van der Waals surface area contributed by atoms with Crippen LogP contribution in [0.25, 0.3) is 5.57 Å². The van der Waals surface area contributed by atoms with Crippen molar-refractivity contribution in [3.8, 4) is 5.75 Å². The summed E-state index contributed by atoms with van der Waals surface area (Å²) < 4.78 is 5.56. The average Bonchev–Trinajstić information content (AvgIpc) is 3.09. The third-order valence-corrected chi connectivity index (χ3v) is 5.72. The summed E-state index contributed by atoms with van der Waals surface area (Å²) in [7, 11) is 0. The Balaban J connectivity index is 1.80. The summed E-state index contributed by atoms with van der Waals surface area (Å²) in [5, 5.41) is 0. The molecule has 0 spiro atoms. The van der Waals surface area contributed by atoms with E-state index < -0.39 is 0 Å². The highest BCUT2D eigenvalue weighted by atomic mass is 16.5. The van der Waals surface area contributed by atoms with Gasteiger partial charge in [-0.25, -0.2) is 4.90 Å². The molecule has 0 atom stereocenters. The van der Waals surface area contributed by atoms with Crippen LogP contribution in [0.1, 0.15) is 30.5 Å². The van der Waals surface area contributed by atoms with E-state index in [1.54, 1.807) is 0 Å². The number of amides is 2. The van der Waals surface area contributed by atoms with Crippen LogP contribution >= 0.6 is 0 Å². The van der Waals surface area contributed by atoms with Crippen LogP contribution in [0.2, 0.25) is 0 Å². The molecule has 3 aromatic rings. The second-order valence-electron chi connectivity index (χ2n) is 7.96. The van der Waals surface area contributed by atoms with Crippen molar-refractivity contribution in [1.29, 1.82) is 0 Å². The highest BCUT2D eigenvalue weighted by molar-refractivity contribution is 6.45. The molecule has 1 aliphatic rings. The minimum absolute atomic E-state index is 0.300. The number of likely N-dealkylation sites (N-methyl/N-ethyl adjacent to an activating group) is 1. The van der Waals surface area contributed by atoms with Crippen molar-refractivity contribution < 1.29 is 14.3 Å². The Morgan fingerprint density at radius 1 is 0.818 bits per heavy atom. The normalized spacial score (nSPS) is 13.6. The summed E-state index contributed by atoms with van der Waals surface area (Å²) >= 11 is 0. The van der Waals surface area contributed by atoms with E-state index in [-0.39, 0.29) is 11.8 Å². The van der Waals surface area contributed by atoms with Crippen LogP contribution in [0.15, 0.2) is 84.6 Å². The van der Waals surface area contributed by atoms with Crippen LogP contribution in [0.4, 0.5) is 5.69 Å². The first-order valence-corrected chi connectivity index (χ1v) is 11.2. The van der Waals surface area contributed by atoms with Crippen LogP contribution < -0.4 is 9.64 Å². The number of benzene rings is 3. The molecule has 0 aliphatic carbocycles. The fraction of sp³-hybridized carbons (Fsp3) is 0.214. The van der Waals surface area contributed by atoms with Crippen LogP contribution in [0.5, 0.6) is 5.75 Å².